The van der Waals surface area contributed by atoms with Crippen molar-refractivity contribution < 1.29 is 9.59 Å². The number of hydrogen-bond donors (Lipinski definition) is 1. The Morgan fingerprint density at radius 2 is 1.95 bits per heavy atom. The molecule has 1 saturated heterocycles. The van der Waals surface area contributed by atoms with Gasteiger partial charge in [-0.05, 0) is 38.8 Å². The predicted octanol–water partition coefficient (Wildman–Crippen LogP) is 2.72. The summed E-state index contributed by atoms with van der Waals surface area (Å²) in [5, 5.41) is 2.91. The second-order valence-electron chi connectivity index (χ2n) is 5.64. The number of nitrogens with one attached hydrogen (secondary N) is 1. The molecule has 1 aliphatic heterocycles. The zero-order valence-electron chi connectivity index (χ0n) is 12.4. The molecular formula is C16H22N2O2. The minimum Gasteiger partial charge on any atom is -0.328 e. The number of carbonyl (C=O) groups excluding carboxylic acids is 2. The van der Waals surface area contributed by atoms with Crippen molar-refractivity contribution >= 4 is 17.5 Å². The van der Waals surface area contributed by atoms with Crippen LogP contribution in [0.25, 0.3) is 0 Å². The SMILES string of the molecule is CCCC(=O)N1CCC1(C)C(=O)Nc1ccc(C)cc1. The monoisotopic (exact) mass is 274 g/mol. The maximum atomic E-state index is 12.4. The van der Waals surface area contributed by atoms with E-state index in [4.69, 9.17) is 0 Å². The molecule has 0 bridgehead atoms. The van der Waals surface area contributed by atoms with Crippen LogP contribution in [0.5, 0.6) is 0 Å². The van der Waals surface area contributed by atoms with E-state index in [9.17, 15) is 9.59 Å². The number of hydrogen-bond acceptors (Lipinski definition) is 2. The van der Waals surface area contributed by atoms with Crippen molar-refractivity contribution in [1.82, 2.24) is 4.90 Å². The molecule has 4 nitrogen and oxygen atoms in total. The van der Waals surface area contributed by atoms with E-state index in [-0.39, 0.29) is 11.8 Å². The average Bonchev–Trinajstić information content (AvgIpc) is 2.39. The van der Waals surface area contributed by atoms with Gasteiger partial charge >= 0.3 is 0 Å². The molecule has 1 atom stereocenters. The van der Waals surface area contributed by atoms with Gasteiger partial charge in [0.2, 0.25) is 11.8 Å². The van der Waals surface area contributed by atoms with Crippen LogP contribution in [0.15, 0.2) is 24.3 Å². The fourth-order valence-corrected chi connectivity index (χ4v) is 2.45. The van der Waals surface area contributed by atoms with Crippen LogP contribution in [0.2, 0.25) is 0 Å². The van der Waals surface area contributed by atoms with Crippen molar-refractivity contribution in [3.63, 3.8) is 0 Å². The summed E-state index contributed by atoms with van der Waals surface area (Å²) in [5.74, 6) is -0.0302. The fraction of sp³-hybridized carbons (Fsp3) is 0.500. The third-order valence-corrected chi connectivity index (χ3v) is 3.98. The van der Waals surface area contributed by atoms with Crippen LogP contribution in [0.3, 0.4) is 0 Å². The number of amides is 2. The molecule has 1 fully saturated rings. The molecule has 2 rings (SSSR count). The van der Waals surface area contributed by atoms with E-state index < -0.39 is 5.54 Å². The third kappa shape index (κ3) is 2.69. The molecule has 0 aromatic heterocycles. The van der Waals surface area contributed by atoms with E-state index in [0.717, 1.165) is 24.1 Å². The number of rotatable bonds is 4. The van der Waals surface area contributed by atoms with Gasteiger partial charge in [-0.1, -0.05) is 24.6 Å². The van der Waals surface area contributed by atoms with Crippen LogP contribution in [-0.2, 0) is 9.59 Å². The molecule has 20 heavy (non-hydrogen) atoms. The summed E-state index contributed by atoms with van der Waals surface area (Å²) in [6.07, 6.45) is 2.04. The quantitative estimate of drug-likeness (QED) is 0.917. The van der Waals surface area contributed by atoms with Crippen LogP contribution in [0, 0.1) is 6.92 Å². The minimum absolute atomic E-state index is 0.0697. The lowest BCUT2D eigenvalue weighted by Gasteiger charge is -2.49. The Labute approximate surface area is 120 Å². The molecule has 0 saturated carbocycles. The van der Waals surface area contributed by atoms with Crippen molar-refractivity contribution in [3.05, 3.63) is 29.8 Å². The first kappa shape index (κ1) is 14.6. The van der Waals surface area contributed by atoms with Crippen molar-refractivity contribution in [3.8, 4) is 0 Å². The standard InChI is InChI=1S/C16H22N2O2/c1-4-5-14(19)18-11-10-16(18,3)15(20)17-13-8-6-12(2)7-9-13/h6-9H,4-5,10-11H2,1-3H3,(H,17,20). The smallest absolute Gasteiger partial charge is 0.250 e. The van der Waals surface area contributed by atoms with Gasteiger partial charge in [0.25, 0.3) is 0 Å². The van der Waals surface area contributed by atoms with E-state index in [1.54, 1.807) is 4.90 Å². The fourth-order valence-electron chi connectivity index (χ4n) is 2.45. The molecule has 4 heteroatoms. The molecule has 1 aliphatic rings. The Kier molecular flexibility index (Phi) is 4.12. The normalized spacial score (nSPS) is 21.2. The Bertz CT molecular complexity index is 510. The number of carbonyl (C=O) groups is 2. The number of nitrogens with zero attached hydrogens (tertiary/aromatic N) is 1. The van der Waals surface area contributed by atoms with E-state index in [1.165, 1.54) is 0 Å². The van der Waals surface area contributed by atoms with E-state index >= 15 is 0 Å². The van der Waals surface area contributed by atoms with Crippen LogP contribution >= 0.6 is 0 Å². The largest absolute Gasteiger partial charge is 0.328 e. The van der Waals surface area contributed by atoms with Gasteiger partial charge in [-0.2, -0.15) is 0 Å². The van der Waals surface area contributed by atoms with Gasteiger partial charge in [-0.3, -0.25) is 9.59 Å². The molecule has 1 aromatic carbocycles. The van der Waals surface area contributed by atoms with Crippen LogP contribution in [0.1, 0.15) is 38.7 Å². The van der Waals surface area contributed by atoms with Gasteiger partial charge in [0, 0.05) is 18.7 Å². The van der Waals surface area contributed by atoms with Crippen LogP contribution in [-0.4, -0.2) is 28.8 Å². The lowest BCUT2D eigenvalue weighted by molar-refractivity contribution is -0.154. The average molecular weight is 274 g/mol. The highest BCUT2D eigenvalue weighted by Gasteiger charge is 2.48. The van der Waals surface area contributed by atoms with Gasteiger partial charge in [-0.15, -0.1) is 0 Å². The molecule has 108 valence electrons. The summed E-state index contributed by atoms with van der Waals surface area (Å²) in [4.78, 5) is 26.1. The Hall–Kier alpha value is -1.84. The highest BCUT2D eigenvalue weighted by molar-refractivity contribution is 6.01. The summed E-state index contributed by atoms with van der Waals surface area (Å²) in [5.41, 5.74) is 1.23. The predicted molar refractivity (Wildman–Crippen MR) is 79.5 cm³/mol. The Morgan fingerprint density at radius 3 is 2.45 bits per heavy atom. The third-order valence-electron chi connectivity index (χ3n) is 3.98. The molecule has 0 spiro atoms. The molecule has 2 amide bonds. The molecule has 1 N–H and O–H groups in total. The van der Waals surface area contributed by atoms with Gasteiger partial charge in [0.15, 0.2) is 0 Å². The minimum atomic E-state index is -0.697. The second-order valence-corrected chi connectivity index (χ2v) is 5.64. The summed E-state index contributed by atoms with van der Waals surface area (Å²) in [6.45, 7) is 6.50. The molecule has 1 aromatic rings. The number of aryl methyl sites for hydroxylation is 1. The maximum Gasteiger partial charge on any atom is 0.250 e. The number of likely N-dealkylation sites (tertiary alicyclic amines) is 1. The van der Waals surface area contributed by atoms with Crippen molar-refractivity contribution in [1.29, 1.82) is 0 Å². The molecule has 0 radical (unpaired) electrons. The van der Waals surface area contributed by atoms with Crippen molar-refractivity contribution in [2.75, 3.05) is 11.9 Å². The summed E-state index contributed by atoms with van der Waals surface area (Å²) >= 11 is 0. The first-order valence-corrected chi connectivity index (χ1v) is 7.16. The van der Waals surface area contributed by atoms with Crippen molar-refractivity contribution in [2.24, 2.45) is 0 Å². The highest BCUT2D eigenvalue weighted by atomic mass is 16.2. The lowest BCUT2D eigenvalue weighted by atomic mass is 9.85. The molecular weight excluding hydrogens is 252 g/mol. The van der Waals surface area contributed by atoms with E-state index in [0.29, 0.717) is 13.0 Å². The van der Waals surface area contributed by atoms with Gasteiger partial charge in [0.1, 0.15) is 5.54 Å². The Morgan fingerprint density at radius 1 is 1.30 bits per heavy atom. The summed E-state index contributed by atoms with van der Waals surface area (Å²) in [7, 11) is 0. The summed E-state index contributed by atoms with van der Waals surface area (Å²) in [6, 6.07) is 7.68. The summed E-state index contributed by atoms with van der Waals surface area (Å²) < 4.78 is 0. The van der Waals surface area contributed by atoms with Crippen LogP contribution in [0.4, 0.5) is 5.69 Å². The second kappa shape index (κ2) is 5.65. The van der Waals surface area contributed by atoms with E-state index in [2.05, 4.69) is 5.32 Å². The highest BCUT2D eigenvalue weighted by Crippen LogP contribution is 2.32. The first-order valence-electron chi connectivity index (χ1n) is 7.16. The maximum absolute atomic E-state index is 12.4. The number of anilines is 1. The first-order chi connectivity index (χ1) is 9.47. The van der Waals surface area contributed by atoms with Gasteiger partial charge in [0.05, 0.1) is 0 Å². The zero-order chi connectivity index (χ0) is 14.8. The Balaban J connectivity index is 2.04. The molecule has 1 heterocycles. The molecule has 0 aliphatic carbocycles. The van der Waals surface area contributed by atoms with Crippen LogP contribution < -0.4 is 5.32 Å². The number of benzene rings is 1. The topological polar surface area (TPSA) is 49.4 Å². The van der Waals surface area contributed by atoms with E-state index in [1.807, 2.05) is 45.0 Å². The zero-order valence-corrected chi connectivity index (χ0v) is 12.4. The van der Waals surface area contributed by atoms with Gasteiger partial charge < -0.3 is 10.2 Å². The molecule has 1 unspecified atom stereocenters. The lowest BCUT2D eigenvalue weighted by Crippen LogP contribution is -2.66. The van der Waals surface area contributed by atoms with Gasteiger partial charge in [-0.25, -0.2) is 0 Å². The van der Waals surface area contributed by atoms with Crippen molar-refractivity contribution in [2.45, 2.75) is 45.6 Å².